The molecule has 1 aliphatic carbocycles. The fourth-order valence-electron chi connectivity index (χ4n) is 5.76. The van der Waals surface area contributed by atoms with Gasteiger partial charge in [-0.2, -0.15) is 10.4 Å². The highest BCUT2D eigenvalue weighted by Crippen LogP contribution is 2.33. The van der Waals surface area contributed by atoms with Crippen LogP contribution in [0, 0.1) is 17.2 Å². The lowest BCUT2D eigenvalue weighted by atomic mass is 9.82. The molecule has 1 saturated carbocycles. The van der Waals surface area contributed by atoms with Crippen LogP contribution in [0.3, 0.4) is 0 Å². The van der Waals surface area contributed by atoms with Crippen LogP contribution in [0.4, 0.5) is 10.1 Å². The van der Waals surface area contributed by atoms with Gasteiger partial charge in [-0.15, -0.1) is 0 Å². The number of hydrogen-bond acceptors (Lipinski definition) is 9. The third kappa shape index (κ3) is 9.14. The summed E-state index contributed by atoms with van der Waals surface area (Å²) < 4.78 is 21.9. The predicted molar refractivity (Wildman–Crippen MR) is 182 cm³/mol. The van der Waals surface area contributed by atoms with Crippen molar-refractivity contribution in [2.75, 3.05) is 18.5 Å². The number of alkyl halides is 1. The molecule has 5 rings (SSSR count). The standard InChI is InChI=1S/C33H41FN8O3.C2H6/c1-33(2,44)30(34)20-39-32(43)26-19-37-28(29-11-10-25-13-21(15-35)17-40-42(25)29)14-27(26)41-24-8-6-22(7-9-24)23(16-36)18-38-31-5-3-4-12-45-31;1-2/h10-11,13-14,16-19,22,24,30-31,44H,3-9,12,20,36H2,1-2H3,(H,37,41)(H,39,43);1-2H3/b23-16+,38-18+;. The van der Waals surface area contributed by atoms with Crippen LogP contribution in [0.5, 0.6) is 0 Å². The highest BCUT2D eigenvalue weighted by Gasteiger charge is 2.28. The Labute approximate surface area is 276 Å². The number of carbonyl (C=O) groups excluding carboxylic acids is 1. The van der Waals surface area contributed by atoms with Crippen LogP contribution in [0.2, 0.25) is 0 Å². The lowest BCUT2D eigenvalue weighted by molar-refractivity contribution is -0.00178. The van der Waals surface area contributed by atoms with Crippen molar-refractivity contribution in [1.82, 2.24) is 19.9 Å². The molecule has 252 valence electrons. The molecule has 1 amide bonds. The zero-order valence-electron chi connectivity index (χ0n) is 27.7. The summed E-state index contributed by atoms with van der Waals surface area (Å²) in [6.45, 7) is 7.12. The number of nitrogens with two attached hydrogens (primary N) is 1. The average molecular weight is 647 g/mol. The van der Waals surface area contributed by atoms with Crippen LogP contribution in [0.1, 0.15) is 88.6 Å². The highest BCUT2D eigenvalue weighted by atomic mass is 19.1. The molecular formula is C35H47FN8O3. The van der Waals surface area contributed by atoms with Crippen molar-refractivity contribution < 1.29 is 19.0 Å². The molecule has 2 aliphatic rings. The number of anilines is 1. The number of aliphatic imine (C=N–C) groups is 1. The Kier molecular flexibility index (Phi) is 12.4. The average Bonchev–Trinajstić information content (AvgIpc) is 3.52. The summed E-state index contributed by atoms with van der Waals surface area (Å²) in [5.41, 5.74) is 8.71. The summed E-state index contributed by atoms with van der Waals surface area (Å²) >= 11 is 0. The number of nitrogens with zero attached hydrogens (tertiary/aromatic N) is 5. The van der Waals surface area contributed by atoms with Gasteiger partial charge in [0.1, 0.15) is 18.5 Å². The molecule has 5 N–H and O–H groups in total. The van der Waals surface area contributed by atoms with Gasteiger partial charge in [-0.05, 0) is 101 Å². The first-order valence-electron chi connectivity index (χ1n) is 16.5. The topological polar surface area (TPSA) is 163 Å². The Morgan fingerprint density at radius 2 is 2.00 bits per heavy atom. The van der Waals surface area contributed by atoms with Crippen LogP contribution < -0.4 is 16.4 Å². The largest absolute Gasteiger partial charge is 0.404 e. The van der Waals surface area contributed by atoms with E-state index in [1.807, 2.05) is 32.2 Å². The van der Waals surface area contributed by atoms with Crippen LogP contribution in [0.15, 0.2) is 53.4 Å². The van der Waals surface area contributed by atoms with E-state index in [0.29, 0.717) is 22.6 Å². The third-order valence-electron chi connectivity index (χ3n) is 8.55. The summed E-state index contributed by atoms with van der Waals surface area (Å²) in [5, 5.41) is 29.8. The van der Waals surface area contributed by atoms with Crippen molar-refractivity contribution in [1.29, 1.82) is 5.26 Å². The maximum absolute atomic E-state index is 14.4. The number of hydrogen-bond donors (Lipinski definition) is 4. The van der Waals surface area contributed by atoms with Crippen molar-refractivity contribution in [3.05, 3.63) is 59.6 Å². The van der Waals surface area contributed by atoms with Gasteiger partial charge in [0.15, 0.2) is 0 Å². The first-order chi connectivity index (χ1) is 22.7. The number of aliphatic hydroxyl groups is 1. The monoisotopic (exact) mass is 646 g/mol. The van der Waals surface area contributed by atoms with E-state index in [0.717, 1.165) is 62.6 Å². The molecule has 12 heteroatoms. The fourth-order valence-corrected chi connectivity index (χ4v) is 5.76. The SMILES string of the molecule is CC.CC(C)(O)C(F)CNC(=O)c1cnc(-c2ccc3cc(C#N)cnn23)cc1NC1CCC(C(=C/N)/C=N/C2CCCCO2)CC1. The lowest BCUT2D eigenvalue weighted by Crippen LogP contribution is -2.42. The second kappa shape index (κ2) is 16.5. The number of fused-ring (bicyclic) bond motifs is 1. The number of rotatable bonds is 10. The van der Waals surface area contributed by atoms with Gasteiger partial charge in [0, 0.05) is 25.1 Å². The van der Waals surface area contributed by atoms with E-state index < -0.39 is 17.7 Å². The maximum atomic E-state index is 14.4. The zero-order chi connectivity index (χ0) is 34.0. The number of pyridine rings is 1. The van der Waals surface area contributed by atoms with E-state index in [-0.39, 0.29) is 30.3 Å². The van der Waals surface area contributed by atoms with Crippen molar-refractivity contribution in [3.8, 4) is 17.5 Å². The molecule has 0 aromatic carbocycles. The second-order valence-corrected chi connectivity index (χ2v) is 12.3. The summed E-state index contributed by atoms with van der Waals surface area (Å²) in [6, 6.07) is 9.42. The van der Waals surface area contributed by atoms with Crippen LogP contribution in [0.25, 0.3) is 16.9 Å². The second-order valence-electron chi connectivity index (χ2n) is 12.3. The van der Waals surface area contributed by atoms with Crippen LogP contribution >= 0.6 is 0 Å². The minimum absolute atomic E-state index is 0.0753. The zero-order valence-corrected chi connectivity index (χ0v) is 27.7. The smallest absolute Gasteiger partial charge is 0.255 e. The Bertz CT molecular complexity index is 1590. The molecule has 11 nitrogen and oxygen atoms in total. The molecule has 4 heterocycles. The van der Waals surface area contributed by atoms with Crippen molar-refractivity contribution >= 4 is 23.3 Å². The van der Waals surface area contributed by atoms with Gasteiger partial charge in [-0.3, -0.25) is 14.8 Å². The van der Waals surface area contributed by atoms with Crippen LogP contribution in [-0.4, -0.2) is 69.0 Å². The van der Waals surface area contributed by atoms with E-state index in [1.54, 1.807) is 22.8 Å². The Morgan fingerprint density at radius 1 is 1.23 bits per heavy atom. The van der Waals surface area contributed by atoms with Gasteiger partial charge in [0.25, 0.3) is 5.91 Å². The van der Waals surface area contributed by atoms with E-state index >= 15 is 0 Å². The van der Waals surface area contributed by atoms with Gasteiger partial charge >= 0.3 is 0 Å². The molecule has 1 aliphatic heterocycles. The highest BCUT2D eigenvalue weighted by molar-refractivity contribution is 6.00. The first-order valence-corrected chi connectivity index (χ1v) is 16.5. The summed E-state index contributed by atoms with van der Waals surface area (Å²) in [4.78, 5) is 22.5. The number of nitriles is 1. The molecule has 2 atom stereocenters. The lowest BCUT2D eigenvalue weighted by Gasteiger charge is -2.31. The quantitative estimate of drug-likeness (QED) is 0.209. The van der Waals surface area contributed by atoms with E-state index in [2.05, 4.69) is 31.8 Å². The van der Waals surface area contributed by atoms with Gasteiger partial charge in [-0.25, -0.2) is 8.91 Å². The summed E-state index contributed by atoms with van der Waals surface area (Å²) in [6.07, 6.45) is 11.3. The van der Waals surface area contributed by atoms with Gasteiger partial charge in [-0.1, -0.05) is 13.8 Å². The number of ether oxygens (including phenoxy) is 1. The normalized spacial score (nSPS) is 21.0. The molecule has 3 aromatic heterocycles. The molecular weight excluding hydrogens is 599 g/mol. The van der Waals surface area contributed by atoms with E-state index in [4.69, 9.17) is 10.5 Å². The van der Waals surface area contributed by atoms with Gasteiger partial charge < -0.3 is 26.2 Å². The maximum Gasteiger partial charge on any atom is 0.255 e. The summed E-state index contributed by atoms with van der Waals surface area (Å²) in [7, 11) is 0. The summed E-state index contributed by atoms with van der Waals surface area (Å²) in [5.74, 6) is -0.223. The number of nitrogens with one attached hydrogen (secondary N) is 2. The molecule has 47 heavy (non-hydrogen) atoms. The first kappa shape index (κ1) is 35.5. The Hall–Kier alpha value is -4.34. The molecule has 0 spiro atoms. The number of amides is 1. The van der Waals surface area contributed by atoms with Gasteiger partial charge in [0.05, 0.1) is 52.1 Å². The minimum atomic E-state index is -1.64. The molecule has 0 radical (unpaired) electrons. The van der Waals surface area contributed by atoms with Crippen molar-refractivity contribution in [2.45, 2.75) is 96.7 Å². The van der Waals surface area contributed by atoms with Crippen molar-refractivity contribution in [3.63, 3.8) is 0 Å². The van der Waals surface area contributed by atoms with E-state index in [9.17, 15) is 19.6 Å². The third-order valence-corrected chi connectivity index (χ3v) is 8.55. The van der Waals surface area contributed by atoms with Gasteiger partial charge in [0.2, 0.25) is 0 Å². The number of carbonyl (C=O) groups is 1. The fraction of sp³-hybridized carbons (Fsp3) is 0.514. The van der Waals surface area contributed by atoms with E-state index in [1.165, 1.54) is 26.2 Å². The molecule has 0 bridgehead atoms. The molecule has 3 aromatic rings. The van der Waals surface area contributed by atoms with Crippen molar-refractivity contribution in [2.24, 2.45) is 16.6 Å². The van der Waals surface area contributed by atoms with Crippen LogP contribution in [-0.2, 0) is 4.74 Å². The molecule has 2 unspecified atom stereocenters. The number of allylic oxidation sites excluding steroid dienone is 1. The number of halogens is 1. The predicted octanol–water partition coefficient (Wildman–Crippen LogP) is 5.54. The Morgan fingerprint density at radius 3 is 2.66 bits per heavy atom. The number of aromatic nitrogens is 3. The minimum Gasteiger partial charge on any atom is -0.404 e. The Balaban J connectivity index is 0.00000245. The molecule has 1 saturated heterocycles. The molecule has 2 fully saturated rings.